The second-order valence-electron chi connectivity index (χ2n) is 27.5. The first kappa shape index (κ1) is 76.4. The van der Waals surface area contributed by atoms with E-state index < -0.39 is 15.4 Å². The number of sulfone groups is 1. The maximum atomic E-state index is 13.1. The molecular formula is C74H80Cl4N12O6S6. The van der Waals surface area contributed by atoms with Crippen LogP contribution in [0.2, 0.25) is 20.1 Å². The normalized spacial score (nSPS) is 15.6. The molecule has 4 aromatic carbocycles. The van der Waals surface area contributed by atoms with Gasteiger partial charge in [0.05, 0.1) is 21.5 Å². The van der Waals surface area contributed by atoms with E-state index in [1.54, 1.807) is 45.3 Å². The molecule has 15 rings (SSSR count). The Kier molecular flexibility index (Phi) is 23.6. The Bertz CT molecular complexity index is 5310. The standard InChI is InChI=1S/C20H22ClN3OS.C19H21ClN4OS.C14H11ClN2O3S2.C14H11ClN2OS2.C7H15N/c1-20(2)8-10-24(11-9-20)19-22-17-16(18(25)23(19)3)14(12-26-17)13-6-4-5-7-15(13)21;1-19(21)7-9-24(10-8-19)18-22-16-15(17(25)23(18)2)13(11-26-16)12-5-3-4-6-14(12)20;1-17-13(18)11-9(8-5-3-4-6-10(8)15)7-21-12(11)16-14(17)22(2,19)20;1-17-13(18)11-9(8-5-3-4-6-10(8)15)7-20-12(11)16-14(17)19-2;1-7(2)3-5-8-6-4-7/h4-7,12H,8-11H2,1-3H3;3-6,11H,7-10,21H2,1-2H3;3-7H,1-2H3;3-7H,1-2H3;8H,3-6H2,1-2H3. The Morgan fingerprint density at radius 3 is 1.07 bits per heavy atom. The molecule has 0 bridgehead atoms. The number of fused-ring (bicyclic) bond motifs is 4. The number of piperidine rings is 3. The van der Waals surface area contributed by atoms with Gasteiger partial charge in [-0.05, 0) is 99.9 Å². The molecule has 12 aromatic rings. The van der Waals surface area contributed by atoms with Crippen molar-refractivity contribution >= 4 is 166 Å². The van der Waals surface area contributed by atoms with E-state index in [9.17, 15) is 27.6 Å². The van der Waals surface area contributed by atoms with E-state index in [1.807, 2.05) is 114 Å². The first-order valence-corrected chi connectivity index (χ1v) is 41.2. The van der Waals surface area contributed by atoms with Crippen LogP contribution in [0.4, 0.5) is 11.9 Å². The predicted octanol–water partition coefficient (Wildman–Crippen LogP) is 16.7. The predicted molar refractivity (Wildman–Crippen MR) is 431 cm³/mol. The van der Waals surface area contributed by atoms with Crippen LogP contribution in [0.3, 0.4) is 0 Å². The van der Waals surface area contributed by atoms with E-state index in [0.29, 0.717) is 68.8 Å². The summed E-state index contributed by atoms with van der Waals surface area (Å²) in [6, 6.07) is 29.9. The SMILES string of the molecule is CC1(C)CCNCC1.CSc1nc2scc(-c3ccccc3Cl)c2c(=O)n1C.Cn1c(N2CCC(C)(C)CC2)nc2scc(-c3ccccc3Cl)c2c1=O.Cn1c(N2CCC(C)(N)CC2)nc2scc(-c3ccccc3Cl)c2c1=O.Cn1c(S(C)(=O)=O)nc2scc(-c3ccccc3Cl)c2c1=O. The molecular weight excluding hydrogens is 1490 g/mol. The fourth-order valence-corrected chi connectivity index (χ4v) is 18.6. The lowest BCUT2D eigenvalue weighted by Crippen LogP contribution is -2.49. The molecule has 0 radical (unpaired) electrons. The number of nitrogens with one attached hydrogen (secondary N) is 1. The monoisotopic (exact) mass is 1560 g/mol. The van der Waals surface area contributed by atoms with Gasteiger partial charge in [-0.2, -0.15) is 0 Å². The highest BCUT2D eigenvalue weighted by atomic mass is 35.5. The molecule has 11 heterocycles. The number of nitrogens with two attached hydrogens (primary N) is 1. The number of thioether (sulfide) groups is 1. The number of rotatable bonds is 8. The molecule has 0 atom stereocenters. The number of aromatic nitrogens is 8. The third kappa shape index (κ3) is 16.5. The number of hydrogen-bond donors (Lipinski definition) is 2. The second kappa shape index (κ2) is 31.5. The van der Waals surface area contributed by atoms with Gasteiger partial charge < -0.3 is 20.9 Å². The van der Waals surface area contributed by atoms with Gasteiger partial charge in [-0.1, -0.05) is 159 Å². The van der Waals surface area contributed by atoms with Gasteiger partial charge in [-0.25, -0.2) is 28.4 Å². The second-order valence-corrected chi connectivity index (χ2v) is 35.2. The van der Waals surface area contributed by atoms with Crippen molar-refractivity contribution in [1.29, 1.82) is 0 Å². The maximum Gasteiger partial charge on any atom is 0.264 e. The fourth-order valence-electron chi connectivity index (χ4n) is 12.5. The zero-order valence-corrected chi connectivity index (χ0v) is 66.4. The van der Waals surface area contributed by atoms with Gasteiger partial charge in [0.1, 0.15) is 19.3 Å². The van der Waals surface area contributed by atoms with E-state index in [2.05, 4.69) is 59.7 Å². The highest BCUT2D eigenvalue weighted by Crippen LogP contribution is 2.41. The molecule has 18 nitrogen and oxygen atoms in total. The zero-order chi connectivity index (χ0) is 73.3. The summed E-state index contributed by atoms with van der Waals surface area (Å²) in [6.07, 6.45) is 9.61. The number of benzene rings is 4. The molecule has 0 spiro atoms. The van der Waals surface area contributed by atoms with Gasteiger partial charge in [0, 0.05) is 152 Å². The summed E-state index contributed by atoms with van der Waals surface area (Å²) in [7, 11) is 3.17. The minimum Gasteiger partial charge on any atom is -0.342 e. The Morgan fingerprint density at radius 1 is 0.441 bits per heavy atom. The number of thiophene rings is 4. The van der Waals surface area contributed by atoms with Crippen molar-refractivity contribution in [2.45, 2.75) is 89.0 Å². The first-order valence-electron chi connectivity index (χ1n) is 33.0. The summed E-state index contributed by atoms with van der Waals surface area (Å²) >= 11 is 32.3. The average molecular weight is 1570 g/mol. The number of hydrogen-bond acceptors (Lipinski definition) is 19. The Hall–Kier alpha value is -6.78. The van der Waals surface area contributed by atoms with Crippen molar-refractivity contribution in [2.24, 2.45) is 44.8 Å². The van der Waals surface area contributed by atoms with Gasteiger partial charge in [0.25, 0.3) is 22.2 Å². The quantitative estimate of drug-likeness (QED) is 0.107. The van der Waals surface area contributed by atoms with E-state index in [0.717, 1.165) is 127 Å². The van der Waals surface area contributed by atoms with Crippen molar-refractivity contribution in [1.82, 2.24) is 43.5 Å². The number of anilines is 2. The molecule has 102 heavy (non-hydrogen) atoms. The third-order valence-corrected chi connectivity index (χ3v) is 25.4. The van der Waals surface area contributed by atoms with E-state index in [-0.39, 0.29) is 27.4 Å². The lowest BCUT2D eigenvalue weighted by molar-refractivity contribution is 0.259. The summed E-state index contributed by atoms with van der Waals surface area (Å²) in [5.74, 6) is 1.48. The maximum absolute atomic E-state index is 13.1. The van der Waals surface area contributed by atoms with Crippen molar-refractivity contribution < 1.29 is 8.42 Å². The molecule has 3 fully saturated rings. The summed E-state index contributed by atoms with van der Waals surface area (Å²) in [6.45, 7) is 17.3. The molecule has 0 saturated carbocycles. The fraction of sp³-hybridized carbons (Fsp3) is 0.351. The molecule has 0 aliphatic carbocycles. The van der Waals surface area contributed by atoms with Crippen LogP contribution in [0.5, 0.6) is 0 Å². The Balaban J connectivity index is 0.000000132. The highest BCUT2D eigenvalue weighted by molar-refractivity contribution is 7.98. The molecule has 0 amide bonds. The highest BCUT2D eigenvalue weighted by Gasteiger charge is 2.31. The van der Waals surface area contributed by atoms with E-state index >= 15 is 0 Å². The van der Waals surface area contributed by atoms with Crippen molar-refractivity contribution in [3.8, 4) is 44.5 Å². The molecule has 3 aliphatic rings. The van der Waals surface area contributed by atoms with Gasteiger partial charge in [0.15, 0.2) is 5.16 Å². The van der Waals surface area contributed by atoms with Gasteiger partial charge in [-0.3, -0.25) is 37.4 Å². The van der Waals surface area contributed by atoms with Gasteiger partial charge >= 0.3 is 0 Å². The Labute approximate surface area is 632 Å². The topological polar surface area (TPSA) is 218 Å². The van der Waals surface area contributed by atoms with Crippen molar-refractivity contribution in [3.63, 3.8) is 0 Å². The minimum absolute atomic E-state index is 0.00833. The minimum atomic E-state index is -3.58. The van der Waals surface area contributed by atoms with Gasteiger partial charge in [-0.15, -0.1) is 45.3 Å². The number of halogens is 4. The van der Waals surface area contributed by atoms with Crippen LogP contribution < -0.4 is 43.1 Å². The van der Waals surface area contributed by atoms with Crippen LogP contribution >= 0.6 is 104 Å². The lowest BCUT2D eigenvalue weighted by Gasteiger charge is -2.37. The molecule has 3 N–H and O–H groups in total. The summed E-state index contributed by atoms with van der Waals surface area (Å²) < 4.78 is 29.5. The number of nitrogens with zero attached hydrogens (tertiary/aromatic N) is 10. The molecule has 3 aliphatic heterocycles. The largest absolute Gasteiger partial charge is 0.342 e. The van der Waals surface area contributed by atoms with Crippen molar-refractivity contribution in [2.75, 3.05) is 61.6 Å². The van der Waals surface area contributed by atoms with Gasteiger partial charge in [0.2, 0.25) is 26.9 Å². The molecule has 3 saturated heterocycles. The van der Waals surface area contributed by atoms with Crippen LogP contribution in [0.1, 0.15) is 73.1 Å². The molecule has 536 valence electrons. The van der Waals surface area contributed by atoms with Crippen molar-refractivity contribution in [3.05, 3.63) is 180 Å². The van der Waals surface area contributed by atoms with Crippen LogP contribution in [-0.4, -0.2) is 104 Å². The zero-order valence-electron chi connectivity index (χ0n) is 58.5. The smallest absolute Gasteiger partial charge is 0.264 e. The van der Waals surface area contributed by atoms with E-state index in [4.69, 9.17) is 62.1 Å². The van der Waals surface area contributed by atoms with Crippen LogP contribution in [0, 0.1) is 10.8 Å². The molecule has 8 aromatic heterocycles. The summed E-state index contributed by atoms with van der Waals surface area (Å²) in [4.78, 5) is 76.8. The first-order chi connectivity index (χ1) is 48.4. The summed E-state index contributed by atoms with van der Waals surface area (Å²) in [5.41, 5.74) is 13.2. The summed E-state index contributed by atoms with van der Waals surface area (Å²) in [5, 5.41) is 16.3. The third-order valence-electron chi connectivity index (χ3n) is 18.8. The average Bonchev–Trinajstić information content (AvgIpc) is 1.58. The molecule has 0 unspecified atom stereocenters. The van der Waals surface area contributed by atoms with Crippen LogP contribution in [-0.2, 0) is 38.0 Å². The Morgan fingerprint density at radius 2 is 0.745 bits per heavy atom. The molecule has 28 heteroatoms. The van der Waals surface area contributed by atoms with Crippen LogP contribution in [0.25, 0.3) is 85.4 Å². The van der Waals surface area contributed by atoms with Crippen LogP contribution in [0.15, 0.2) is 148 Å². The van der Waals surface area contributed by atoms with E-state index in [1.165, 1.54) is 90.1 Å². The lowest BCUT2D eigenvalue weighted by atomic mass is 9.83.